The summed E-state index contributed by atoms with van der Waals surface area (Å²) in [6.07, 6.45) is 4.13. The molecule has 110 valence electrons. The molecule has 2 saturated heterocycles. The van der Waals surface area contributed by atoms with E-state index in [0.29, 0.717) is 5.92 Å². The number of nitrogens with two attached hydrogens (primary N) is 1. The summed E-state index contributed by atoms with van der Waals surface area (Å²) in [7, 11) is 0. The lowest BCUT2D eigenvalue weighted by molar-refractivity contribution is -0.101. The van der Waals surface area contributed by atoms with Crippen LogP contribution in [-0.2, 0) is 15.9 Å². The van der Waals surface area contributed by atoms with Gasteiger partial charge >= 0.3 is 0 Å². The summed E-state index contributed by atoms with van der Waals surface area (Å²) in [4.78, 5) is 0. The average molecular weight is 275 g/mol. The predicted molar refractivity (Wildman–Crippen MR) is 79.7 cm³/mol. The summed E-state index contributed by atoms with van der Waals surface area (Å²) in [6, 6.07) is 8.77. The van der Waals surface area contributed by atoms with Gasteiger partial charge < -0.3 is 15.2 Å². The fraction of sp³-hybridized carbons (Fsp3) is 0.647. The molecule has 1 spiro atoms. The molecule has 3 rings (SSSR count). The molecule has 2 heterocycles. The second-order valence-electron chi connectivity index (χ2n) is 6.38. The van der Waals surface area contributed by atoms with Crippen LogP contribution in [0.15, 0.2) is 24.3 Å². The Hall–Kier alpha value is -0.900. The molecule has 0 amide bonds. The van der Waals surface area contributed by atoms with Crippen LogP contribution in [0.25, 0.3) is 0 Å². The van der Waals surface area contributed by atoms with Gasteiger partial charge in [0.2, 0.25) is 0 Å². The topological polar surface area (TPSA) is 44.5 Å². The zero-order valence-electron chi connectivity index (χ0n) is 12.3. The second kappa shape index (κ2) is 5.84. The van der Waals surface area contributed by atoms with Crippen molar-refractivity contribution in [2.24, 2.45) is 11.7 Å². The van der Waals surface area contributed by atoms with Gasteiger partial charge in [0, 0.05) is 25.7 Å². The molecule has 2 fully saturated rings. The van der Waals surface area contributed by atoms with Gasteiger partial charge in [-0.05, 0) is 43.2 Å². The SMILES string of the molecule is Cc1ccccc1CC(N)C1CCOC2(CCOC2)C1. The van der Waals surface area contributed by atoms with E-state index in [9.17, 15) is 0 Å². The molecule has 0 aliphatic carbocycles. The molecular formula is C17H25NO2. The number of hydrogen-bond donors (Lipinski definition) is 1. The predicted octanol–water partition coefficient (Wildman–Crippen LogP) is 2.45. The van der Waals surface area contributed by atoms with Crippen molar-refractivity contribution in [3.63, 3.8) is 0 Å². The summed E-state index contributed by atoms with van der Waals surface area (Å²) in [5.74, 6) is 0.546. The minimum atomic E-state index is -0.0354. The van der Waals surface area contributed by atoms with Crippen LogP contribution in [0.4, 0.5) is 0 Å². The second-order valence-corrected chi connectivity index (χ2v) is 6.38. The zero-order chi connectivity index (χ0) is 14.0. The third-order valence-electron chi connectivity index (χ3n) is 4.92. The Morgan fingerprint density at radius 1 is 1.35 bits per heavy atom. The van der Waals surface area contributed by atoms with Crippen LogP contribution in [0.3, 0.4) is 0 Å². The zero-order valence-corrected chi connectivity index (χ0v) is 12.3. The Bertz CT molecular complexity index is 454. The third-order valence-corrected chi connectivity index (χ3v) is 4.92. The standard InChI is InChI=1S/C17H25NO2/c1-13-4-2-3-5-14(13)10-16(18)15-6-8-20-17(11-15)7-9-19-12-17/h2-5,15-16H,6-12,18H2,1H3. The molecule has 2 aliphatic rings. The number of benzene rings is 1. The monoisotopic (exact) mass is 275 g/mol. The minimum absolute atomic E-state index is 0.0354. The molecule has 3 unspecified atom stereocenters. The first kappa shape index (κ1) is 14.1. The maximum Gasteiger partial charge on any atom is 0.0939 e. The summed E-state index contributed by atoms with van der Waals surface area (Å²) in [5, 5.41) is 0. The van der Waals surface area contributed by atoms with Gasteiger partial charge in [0.15, 0.2) is 0 Å². The molecular weight excluding hydrogens is 250 g/mol. The van der Waals surface area contributed by atoms with Crippen molar-refractivity contribution in [2.45, 2.75) is 44.2 Å². The van der Waals surface area contributed by atoms with Crippen LogP contribution in [0.5, 0.6) is 0 Å². The van der Waals surface area contributed by atoms with Crippen molar-refractivity contribution in [1.82, 2.24) is 0 Å². The number of aryl methyl sites for hydroxylation is 1. The highest BCUT2D eigenvalue weighted by molar-refractivity contribution is 5.26. The molecule has 0 bridgehead atoms. The number of rotatable bonds is 3. The molecule has 0 aromatic heterocycles. The molecule has 2 aliphatic heterocycles. The van der Waals surface area contributed by atoms with Crippen molar-refractivity contribution < 1.29 is 9.47 Å². The molecule has 1 aromatic rings. The fourth-order valence-electron chi connectivity index (χ4n) is 3.55. The molecule has 3 nitrogen and oxygen atoms in total. The molecule has 3 heteroatoms. The van der Waals surface area contributed by atoms with E-state index in [-0.39, 0.29) is 11.6 Å². The van der Waals surface area contributed by atoms with Gasteiger partial charge in [-0.1, -0.05) is 24.3 Å². The van der Waals surface area contributed by atoms with Crippen LogP contribution < -0.4 is 5.73 Å². The molecule has 2 N–H and O–H groups in total. The van der Waals surface area contributed by atoms with E-state index in [2.05, 4.69) is 31.2 Å². The van der Waals surface area contributed by atoms with E-state index in [0.717, 1.165) is 45.5 Å². The van der Waals surface area contributed by atoms with E-state index < -0.39 is 0 Å². The first-order valence-electron chi connectivity index (χ1n) is 7.70. The minimum Gasteiger partial charge on any atom is -0.378 e. The maximum absolute atomic E-state index is 6.50. The van der Waals surface area contributed by atoms with Crippen LogP contribution in [0, 0.1) is 12.8 Å². The quantitative estimate of drug-likeness (QED) is 0.921. The number of ether oxygens (including phenoxy) is 2. The highest BCUT2D eigenvalue weighted by atomic mass is 16.6. The van der Waals surface area contributed by atoms with Gasteiger partial charge in [0.05, 0.1) is 12.2 Å². The van der Waals surface area contributed by atoms with Gasteiger partial charge in [-0.3, -0.25) is 0 Å². The van der Waals surface area contributed by atoms with Crippen molar-refractivity contribution in [3.8, 4) is 0 Å². The van der Waals surface area contributed by atoms with Crippen molar-refractivity contribution in [1.29, 1.82) is 0 Å². The summed E-state index contributed by atoms with van der Waals surface area (Å²) < 4.78 is 11.5. The maximum atomic E-state index is 6.50. The smallest absolute Gasteiger partial charge is 0.0939 e. The van der Waals surface area contributed by atoms with E-state index in [4.69, 9.17) is 15.2 Å². The van der Waals surface area contributed by atoms with Crippen LogP contribution in [0.1, 0.15) is 30.4 Å². The van der Waals surface area contributed by atoms with Crippen LogP contribution in [0.2, 0.25) is 0 Å². The van der Waals surface area contributed by atoms with Gasteiger partial charge in [-0.15, -0.1) is 0 Å². The van der Waals surface area contributed by atoms with Gasteiger partial charge in [-0.25, -0.2) is 0 Å². The first-order valence-corrected chi connectivity index (χ1v) is 7.70. The Morgan fingerprint density at radius 2 is 2.20 bits per heavy atom. The molecule has 1 aromatic carbocycles. The van der Waals surface area contributed by atoms with E-state index >= 15 is 0 Å². The van der Waals surface area contributed by atoms with Gasteiger partial charge in [0.1, 0.15) is 0 Å². The van der Waals surface area contributed by atoms with E-state index in [1.165, 1.54) is 11.1 Å². The summed E-state index contributed by atoms with van der Waals surface area (Å²) >= 11 is 0. The molecule has 20 heavy (non-hydrogen) atoms. The number of hydrogen-bond acceptors (Lipinski definition) is 3. The van der Waals surface area contributed by atoms with Crippen LogP contribution in [-0.4, -0.2) is 31.5 Å². The highest BCUT2D eigenvalue weighted by Gasteiger charge is 2.42. The molecule has 0 radical (unpaired) electrons. The Balaban J connectivity index is 1.65. The van der Waals surface area contributed by atoms with Crippen molar-refractivity contribution in [3.05, 3.63) is 35.4 Å². The highest BCUT2D eigenvalue weighted by Crippen LogP contribution is 2.37. The molecule has 0 saturated carbocycles. The summed E-state index contributed by atoms with van der Waals surface area (Å²) in [5.41, 5.74) is 9.19. The lowest BCUT2D eigenvalue weighted by atomic mass is 9.79. The lowest BCUT2D eigenvalue weighted by Gasteiger charge is -2.39. The average Bonchev–Trinajstić information content (AvgIpc) is 2.89. The first-order chi connectivity index (χ1) is 9.69. The molecule has 3 atom stereocenters. The fourth-order valence-corrected chi connectivity index (χ4v) is 3.55. The van der Waals surface area contributed by atoms with Crippen LogP contribution >= 0.6 is 0 Å². The Morgan fingerprint density at radius 3 is 2.95 bits per heavy atom. The summed E-state index contributed by atoms with van der Waals surface area (Å²) in [6.45, 7) is 4.58. The Kier molecular flexibility index (Phi) is 4.11. The normalized spacial score (nSPS) is 31.6. The van der Waals surface area contributed by atoms with Gasteiger partial charge in [0.25, 0.3) is 0 Å². The lowest BCUT2D eigenvalue weighted by Crippen LogP contribution is -2.46. The Labute approximate surface area is 121 Å². The largest absolute Gasteiger partial charge is 0.378 e. The van der Waals surface area contributed by atoms with Crippen molar-refractivity contribution >= 4 is 0 Å². The third kappa shape index (κ3) is 2.90. The van der Waals surface area contributed by atoms with E-state index in [1.807, 2.05) is 0 Å². The van der Waals surface area contributed by atoms with Crippen molar-refractivity contribution in [2.75, 3.05) is 19.8 Å². The van der Waals surface area contributed by atoms with E-state index in [1.54, 1.807) is 0 Å². The van der Waals surface area contributed by atoms with Gasteiger partial charge in [-0.2, -0.15) is 0 Å².